The number of phenolic OH excluding ortho intramolecular Hbond substituents is 1. The van der Waals surface area contributed by atoms with Crippen LogP contribution in [0.2, 0.25) is 10.0 Å². The fourth-order valence-electron chi connectivity index (χ4n) is 6.07. The first-order valence-corrected chi connectivity index (χ1v) is 15.3. The van der Waals surface area contributed by atoms with Crippen molar-refractivity contribution in [3.8, 4) is 34.2 Å². The number of aromatic hydroxyl groups is 1. The third-order valence-corrected chi connectivity index (χ3v) is 9.10. The van der Waals surface area contributed by atoms with E-state index in [0.717, 1.165) is 23.8 Å². The van der Waals surface area contributed by atoms with Crippen LogP contribution in [0.25, 0.3) is 22.4 Å². The summed E-state index contributed by atoms with van der Waals surface area (Å²) in [6.07, 6.45) is -5.35. The molecule has 248 valence electrons. The smallest absolute Gasteiger partial charge is 0.416 e. The van der Waals surface area contributed by atoms with E-state index in [-0.39, 0.29) is 82.1 Å². The van der Waals surface area contributed by atoms with Gasteiger partial charge in [0.2, 0.25) is 5.91 Å². The summed E-state index contributed by atoms with van der Waals surface area (Å²) in [4.78, 5) is 43.9. The molecule has 1 fully saturated rings. The Morgan fingerprint density at radius 1 is 1.02 bits per heavy atom. The molecule has 14 heteroatoms. The average Bonchev–Trinajstić information content (AvgIpc) is 3.05. The number of halogens is 5. The van der Waals surface area contributed by atoms with Crippen LogP contribution in [0.4, 0.5) is 18.0 Å². The number of hydrogen-bond donors (Lipinski definition) is 3. The highest BCUT2D eigenvalue weighted by Gasteiger charge is 2.45. The fraction of sp³-hybridized carbons (Fsp3) is 0.235. The molecule has 0 saturated carbocycles. The van der Waals surface area contributed by atoms with E-state index in [4.69, 9.17) is 23.2 Å². The van der Waals surface area contributed by atoms with Crippen LogP contribution in [0.3, 0.4) is 0 Å². The molecule has 0 spiro atoms. The second kappa shape index (κ2) is 13.3. The molecule has 2 heterocycles. The van der Waals surface area contributed by atoms with Crippen molar-refractivity contribution < 1.29 is 33.0 Å². The maximum atomic E-state index is 14.2. The first kappa shape index (κ1) is 34.3. The molecule has 48 heavy (non-hydrogen) atoms. The Hall–Kier alpha value is -4.99. The number of carbonyl (C=O) groups excluding carboxylic acids is 1. The van der Waals surface area contributed by atoms with Gasteiger partial charge in [-0.1, -0.05) is 53.5 Å². The number of pyridine rings is 1. The van der Waals surface area contributed by atoms with Gasteiger partial charge in [-0.25, -0.2) is 4.79 Å². The normalized spacial score (nSPS) is 14.3. The molecule has 4 aromatic rings. The topological polar surface area (TPSA) is 138 Å². The Morgan fingerprint density at radius 3 is 2.29 bits per heavy atom. The summed E-state index contributed by atoms with van der Waals surface area (Å²) in [6.45, 7) is 0.129. The van der Waals surface area contributed by atoms with Gasteiger partial charge in [-0.3, -0.25) is 9.59 Å². The molecule has 9 nitrogen and oxygen atoms in total. The number of nitriles is 1. The molecule has 0 bridgehead atoms. The van der Waals surface area contributed by atoms with Crippen LogP contribution in [-0.2, 0) is 22.9 Å². The summed E-state index contributed by atoms with van der Waals surface area (Å²) in [6, 6.07) is 17.2. The van der Waals surface area contributed by atoms with E-state index >= 15 is 0 Å². The molecule has 1 aliphatic rings. The number of piperidine rings is 1. The lowest BCUT2D eigenvalue weighted by Gasteiger charge is -2.42. The number of hydrogen-bond acceptors (Lipinski definition) is 5. The van der Waals surface area contributed by atoms with Gasteiger partial charge in [-0.2, -0.15) is 18.4 Å². The van der Waals surface area contributed by atoms with Crippen molar-refractivity contribution in [2.45, 2.75) is 31.0 Å². The van der Waals surface area contributed by atoms with Crippen LogP contribution in [0, 0.1) is 11.3 Å². The quantitative estimate of drug-likeness (QED) is 0.194. The van der Waals surface area contributed by atoms with E-state index in [1.165, 1.54) is 35.0 Å². The van der Waals surface area contributed by atoms with Gasteiger partial charge < -0.3 is 25.0 Å². The first-order valence-electron chi connectivity index (χ1n) is 14.5. The van der Waals surface area contributed by atoms with E-state index in [0.29, 0.717) is 0 Å². The lowest BCUT2D eigenvalue weighted by molar-refractivity contribution is -0.139. The van der Waals surface area contributed by atoms with Crippen molar-refractivity contribution in [1.82, 2.24) is 14.8 Å². The Morgan fingerprint density at radius 2 is 1.69 bits per heavy atom. The zero-order chi connectivity index (χ0) is 35.0. The van der Waals surface area contributed by atoms with Crippen molar-refractivity contribution in [2.75, 3.05) is 20.1 Å². The van der Waals surface area contributed by atoms with Crippen LogP contribution in [0.15, 0.2) is 71.5 Å². The van der Waals surface area contributed by atoms with Crippen LogP contribution in [-0.4, -0.2) is 57.1 Å². The molecule has 1 aromatic heterocycles. The molecule has 0 atom stereocenters. The molecule has 0 radical (unpaired) electrons. The number of carboxylic acid groups (broad SMARTS) is 1. The largest absolute Gasteiger partial charge is 0.507 e. The van der Waals surface area contributed by atoms with Crippen molar-refractivity contribution in [3.05, 3.63) is 109 Å². The molecule has 2 amide bonds. The summed E-state index contributed by atoms with van der Waals surface area (Å²) in [5.74, 6) is -0.692. The fourth-order valence-corrected chi connectivity index (χ4v) is 6.53. The zero-order valence-corrected chi connectivity index (χ0v) is 26.7. The van der Waals surface area contributed by atoms with Crippen LogP contribution < -0.4 is 5.56 Å². The number of likely N-dealkylation sites (tertiary alicyclic amines) is 1. The molecule has 3 N–H and O–H groups in total. The summed E-state index contributed by atoms with van der Waals surface area (Å²) >= 11 is 12.7. The lowest BCUT2D eigenvalue weighted by Crippen LogP contribution is -2.52. The maximum absolute atomic E-state index is 14.2. The summed E-state index contributed by atoms with van der Waals surface area (Å²) in [7, 11) is 1.54. The van der Waals surface area contributed by atoms with Crippen molar-refractivity contribution in [3.63, 3.8) is 0 Å². The van der Waals surface area contributed by atoms with Gasteiger partial charge in [0.05, 0.1) is 16.7 Å². The third kappa shape index (κ3) is 6.56. The Labute approximate surface area is 282 Å². The van der Waals surface area contributed by atoms with Crippen LogP contribution in [0.1, 0.15) is 35.1 Å². The molecule has 5 rings (SSSR count). The number of nitrogens with zero attached hydrogens (tertiary/aromatic N) is 3. The van der Waals surface area contributed by atoms with Crippen molar-refractivity contribution >= 4 is 35.2 Å². The van der Waals surface area contributed by atoms with E-state index in [1.807, 2.05) is 18.2 Å². The standard InChI is InChI=1S/C34H27Cl2F3N4O5/c1-42(31(46)33(20-5-3-2-4-6-20)9-11-43(12-10-33)32(47)48)18-19-13-22(35)15-25(29(19)44)28-16-23(26(17-40)30(45)41-28)24-14-21(34(37,38)39)7-8-27(24)36/h2-8,13-16,44H,9-12,18H2,1H3,(H,41,45)(H,47,48). The predicted octanol–water partition coefficient (Wildman–Crippen LogP) is 7.28. The van der Waals surface area contributed by atoms with Crippen LogP contribution in [0.5, 0.6) is 5.75 Å². The highest BCUT2D eigenvalue weighted by Crippen LogP contribution is 2.41. The number of carbonyl (C=O) groups is 2. The van der Waals surface area contributed by atoms with Gasteiger partial charge in [0.25, 0.3) is 5.56 Å². The maximum Gasteiger partial charge on any atom is 0.416 e. The number of likely N-dealkylation sites (N-methyl/N-ethyl adjacent to an activating group) is 1. The summed E-state index contributed by atoms with van der Waals surface area (Å²) in [5, 5.41) is 30.6. The van der Waals surface area contributed by atoms with Gasteiger partial charge >= 0.3 is 12.3 Å². The number of alkyl halides is 3. The molecular formula is C34H27Cl2F3N4O5. The van der Waals surface area contributed by atoms with Gasteiger partial charge in [-0.05, 0) is 54.8 Å². The van der Waals surface area contributed by atoms with E-state index < -0.39 is 34.4 Å². The minimum absolute atomic E-state index is 0.0168. The summed E-state index contributed by atoms with van der Waals surface area (Å²) in [5.41, 5.74) is -3.12. The molecular weight excluding hydrogens is 672 g/mol. The van der Waals surface area contributed by atoms with Gasteiger partial charge in [0.1, 0.15) is 17.4 Å². The number of amides is 2. The van der Waals surface area contributed by atoms with Gasteiger partial charge in [-0.15, -0.1) is 0 Å². The lowest BCUT2D eigenvalue weighted by atomic mass is 9.71. The monoisotopic (exact) mass is 698 g/mol. The van der Waals surface area contributed by atoms with E-state index in [1.54, 1.807) is 18.2 Å². The number of aromatic nitrogens is 1. The Bertz CT molecular complexity index is 2000. The first-order chi connectivity index (χ1) is 22.7. The number of nitrogens with one attached hydrogen (secondary N) is 1. The van der Waals surface area contributed by atoms with Gasteiger partial charge in [0.15, 0.2) is 0 Å². The average molecular weight is 700 g/mol. The number of phenols is 1. The molecule has 0 aliphatic carbocycles. The van der Waals surface area contributed by atoms with Gasteiger partial charge in [0, 0.05) is 59.0 Å². The second-order valence-corrected chi connectivity index (χ2v) is 12.3. The van der Waals surface area contributed by atoms with E-state index in [2.05, 4.69) is 4.98 Å². The minimum atomic E-state index is -4.73. The SMILES string of the molecule is CN(Cc1cc(Cl)cc(-c2cc(-c3cc(C(F)(F)F)ccc3Cl)c(C#N)c(=O)[nH]2)c1O)C(=O)C1(c2ccccc2)CCN(C(=O)O)CC1. The van der Waals surface area contributed by atoms with Crippen LogP contribution >= 0.6 is 23.2 Å². The Kier molecular flexibility index (Phi) is 9.48. The highest BCUT2D eigenvalue weighted by atomic mass is 35.5. The third-order valence-electron chi connectivity index (χ3n) is 8.55. The number of aromatic amines is 1. The predicted molar refractivity (Wildman–Crippen MR) is 173 cm³/mol. The molecule has 1 saturated heterocycles. The number of rotatable bonds is 6. The zero-order valence-electron chi connectivity index (χ0n) is 25.2. The number of benzene rings is 3. The second-order valence-electron chi connectivity index (χ2n) is 11.4. The molecule has 1 aliphatic heterocycles. The van der Waals surface area contributed by atoms with E-state index in [9.17, 15) is 43.0 Å². The minimum Gasteiger partial charge on any atom is -0.507 e. The Balaban J connectivity index is 1.54. The highest BCUT2D eigenvalue weighted by molar-refractivity contribution is 6.33. The molecule has 0 unspecified atom stereocenters. The number of H-pyrrole nitrogens is 1. The molecule has 3 aromatic carbocycles. The van der Waals surface area contributed by atoms with Crippen molar-refractivity contribution in [2.24, 2.45) is 0 Å². The van der Waals surface area contributed by atoms with Crippen molar-refractivity contribution in [1.29, 1.82) is 5.26 Å². The summed E-state index contributed by atoms with van der Waals surface area (Å²) < 4.78 is 40.6.